The van der Waals surface area contributed by atoms with E-state index in [9.17, 15) is 9.59 Å². The van der Waals surface area contributed by atoms with Crippen LogP contribution in [-0.2, 0) is 4.79 Å². The summed E-state index contributed by atoms with van der Waals surface area (Å²) in [4.78, 5) is 24.5. The van der Waals surface area contributed by atoms with Gasteiger partial charge in [-0.25, -0.2) is 4.79 Å². The minimum absolute atomic E-state index is 0.105. The fraction of sp³-hybridized carbons (Fsp3) is 0.692. The van der Waals surface area contributed by atoms with Gasteiger partial charge in [-0.1, -0.05) is 25.5 Å². The largest absolute Gasteiger partial charge is 0.481 e. The molecule has 2 unspecified atom stereocenters. The molecular weight excluding hydrogens is 232 g/mol. The summed E-state index contributed by atoms with van der Waals surface area (Å²) in [7, 11) is 0. The van der Waals surface area contributed by atoms with Crippen molar-refractivity contribution in [3.05, 3.63) is 12.2 Å². The second-order valence-corrected chi connectivity index (χ2v) is 4.55. The van der Waals surface area contributed by atoms with Crippen LogP contribution < -0.4 is 5.32 Å². The first-order chi connectivity index (χ1) is 8.58. The van der Waals surface area contributed by atoms with Gasteiger partial charge in [-0.2, -0.15) is 0 Å². The van der Waals surface area contributed by atoms with Gasteiger partial charge in [0.2, 0.25) is 0 Å². The lowest BCUT2D eigenvalue weighted by Crippen LogP contribution is -2.44. The third-order valence-corrected chi connectivity index (χ3v) is 3.16. The average molecular weight is 254 g/mol. The number of carboxylic acids is 1. The van der Waals surface area contributed by atoms with Crippen molar-refractivity contribution in [3.8, 4) is 0 Å². The van der Waals surface area contributed by atoms with E-state index < -0.39 is 11.9 Å². The molecule has 0 heterocycles. The molecule has 2 atom stereocenters. The molecular formula is C13H22N2O3. The monoisotopic (exact) mass is 254 g/mol. The fourth-order valence-corrected chi connectivity index (χ4v) is 1.99. The predicted octanol–water partition coefficient (Wildman–Crippen LogP) is 1.85. The summed E-state index contributed by atoms with van der Waals surface area (Å²) in [6, 6.07) is -0.263. The van der Waals surface area contributed by atoms with Gasteiger partial charge in [0.1, 0.15) is 0 Å². The minimum Gasteiger partial charge on any atom is -0.481 e. The van der Waals surface area contributed by atoms with E-state index in [1.54, 1.807) is 17.1 Å². The first kappa shape index (κ1) is 14.5. The number of aliphatic carboxylic acids is 1. The number of nitrogens with zero attached hydrogens (tertiary/aromatic N) is 1. The summed E-state index contributed by atoms with van der Waals surface area (Å²) in [6.07, 6.45) is 5.90. The fourth-order valence-electron chi connectivity index (χ4n) is 1.99. The maximum Gasteiger partial charge on any atom is 0.317 e. The highest BCUT2D eigenvalue weighted by atomic mass is 16.4. The van der Waals surface area contributed by atoms with Crippen LogP contribution in [0.5, 0.6) is 0 Å². The molecule has 0 fully saturated rings. The zero-order chi connectivity index (χ0) is 13.5. The standard InChI is InChI=1S/C13H22N2O3/c1-3-5-8-15(4-2)13(18)14-11-7-6-10(9-11)12(16)17/h6-7,10-11H,3-5,8-9H2,1-2H3,(H,14,18)(H,16,17). The number of hydrogen-bond acceptors (Lipinski definition) is 2. The molecule has 0 aromatic heterocycles. The van der Waals surface area contributed by atoms with Gasteiger partial charge in [-0.3, -0.25) is 4.79 Å². The summed E-state index contributed by atoms with van der Waals surface area (Å²) in [5, 5.41) is 11.7. The summed E-state index contributed by atoms with van der Waals surface area (Å²) in [5.74, 6) is -1.30. The van der Waals surface area contributed by atoms with E-state index in [-0.39, 0.29) is 12.1 Å². The lowest BCUT2D eigenvalue weighted by molar-refractivity contribution is -0.140. The van der Waals surface area contributed by atoms with Crippen LogP contribution in [0.1, 0.15) is 33.1 Å². The van der Waals surface area contributed by atoms with Crippen molar-refractivity contribution in [3.63, 3.8) is 0 Å². The second-order valence-electron chi connectivity index (χ2n) is 4.55. The van der Waals surface area contributed by atoms with Crippen molar-refractivity contribution >= 4 is 12.0 Å². The first-order valence-electron chi connectivity index (χ1n) is 6.55. The molecule has 18 heavy (non-hydrogen) atoms. The Morgan fingerprint density at radius 2 is 2.11 bits per heavy atom. The van der Waals surface area contributed by atoms with Crippen molar-refractivity contribution in [1.82, 2.24) is 10.2 Å². The molecule has 0 spiro atoms. The van der Waals surface area contributed by atoms with E-state index in [1.807, 2.05) is 6.92 Å². The van der Waals surface area contributed by atoms with Gasteiger partial charge < -0.3 is 15.3 Å². The molecule has 102 valence electrons. The van der Waals surface area contributed by atoms with Crippen molar-refractivity contribution in [2.75, 3.05) is 13.1 Å². The van der Waals surface area contributed by atoms with Crippen molar-refractivity contribution < 1.29 is 14.7 Å². The highest BCUT2D eigenvalue weighted by Crippen LogP contribution is 2.18. The summed E-state index contributed by atoms with van der Waals surface area (Å²) in [5.41, 5.74) is 0. The number of carbonyl (C=O) groups excluding carboxylic acids is 1. The molecule has 5 nitrogen and oxygen atoms in total. The quantitative estimate of drug-likeness (QED) is 0.711. The third-order valence-electron chi connectivity index (χ3n) is 3.16. The Bertz CT molecular complexity index is 328. The molecule has 0 saturated heterocycles. The smallest absolute Gasteiger partial charge is 0.317 e. The zero-order valence-corrected chi connectivity index (χ0v) is 11.1. The van der Waals surface area contributed by atoms with Crippen LogP contribution in [0.4, 0.5) is 4.79 Å². The number of hydrogen-bond donors (Lipinski definition) is 2. The van der Waals surface area contributed by atoms with Crippen LogP contribution >= 0.6 is 0 Å². The van der Waals surface area contributed by atoms with E-state index >= 15 is 0 Å². The van der Waals surface area contributed by atoms with Gasteiger partial charge >= 0.3 is 12.0 Å². The number of amides is 2. The predicted molar refractivity (Wildman–Crippen MR) is 69.4 cm³/mol. The molecule has 0 saturated carbocycles. The van der Waals surface area contributed by atoms with Crippen LogP contribution in [0.3, 0.4) is 0 Å². The Hall–Kier alpha value is -1.52. The van der Waals surface area contributed by atoms with Crippen LogP contribution in [0.25, 0.3) is 0 Å². The highest BCUT2D eigenvalue weighted by Gasteiger charge is 2.26. The van der Waals surface area contributed by atoms with Gasteiger partial charge in [0.05, 0.1) is 12.0 Å². The summed E-state index contributed by atoms with van der Waals surface area (Å²) >= 11 is 0. The summed E-state index contributed by atoms with van der Waals surface area (Å²) in [6.45, 7) is 5.45. The van der Waals surface area contributed by atoms with Crippen molar-refractivity contribution in [2.45, 2.75) is 39.2 Å². The molecule has 0 bridgehead atoms. The summed E-state index contributed by atoms with van der Waals surface area (Å²) < 4.78 is 0. The molecule has 0 radical (unpaired) electrons. The third kappa shape index (κ3) is 4.05. The lowest BCUT2D eigenvalue weighted by Gasteiger charge is -2.23. The molecule has 2 amide bonds. The van der Waals surface area contributed by atoms with Crippen LogP contribution in [-0.4, -0.2) is 41.1 Å². The molecule has 0 aromatic rings. The number of urea groups is 1. The first-order valence-corrected chi connectivity index (χ1v) is 6.55. The number of nitrogens with one attached hydrogen (secondary N) is 1. The van der Waals surface area contributed by atoms with Crippen LogP contribution in [0.15, 0.2) is 12.2 Å². The minimum atomic E-state index is -0.832. The van der Waals surface area contributed by atoms with Gasteiger partial charge in [0, 0.05) is 13.1 Å². The van der Waals surface area contributed by atoms with Gasteiger partial charge in [-0.15, -0.1) is 0 Å². The maximum atomic E-state index is 11.9. The second kappa shape index (κ2) is 7.03. The molecule has 0 aliphatic heterocycles. The topological polar surface area (TPSA) is 69.6 Å². The number of rotatable bonds is 6. The van der Waals surface area contributed by atoms with E-state index in [2.05, 4.69) is 12.2 Å². The normalized spacial score (nSPS) is 21.9. The van der Waals surface area contributed by atoms with Gasteiger partial charge in [-0.05, 0) is 19.8 Å². The number of unbranched alkanes of at least 4 members (excludes halogenated alkanes) is 1. The number of carboxylic acid groups (broad SMARTS) is 1. The Kier molecular flexibility index (Phi) is 5.68. The maximum absolute atomic E-state index is 11.9. The molecule has 1 rings (SSSR count). The van der Waals surface area contributed by atoms with E-state index in [0.29, 0.717) is 13.0 Å². The van der Waals surface area contributed by atoms with E-state index in [1.165, 1.54) is 0 Å². The Labute approximate surface area is 108 Å². The SMILES string of the molecule is CCCCN(CC)C(=O)NC1C=CC(C(=O)O)C1. The highest BCUT2D eigenvalue weighted by molar-refractivity contribution is 5.76. The Morgan fingerprint density at radius 3 is 2.61 bits per heavy atom. The van der Waals surface area contributed by atoms with E-state index in [4.69, 9.17) is 5.11 Å². The number of carbonyl (C=O) groups is 2. The molecule has 1 aliphatic carbocycles. The molecule has 0 aromatic carbocycles. The Morgan fingerprint density at radius 1 is 1.39 bits per heavy atom. The van der Waals surface area contributed by atoms with Crippen molar-refractivity contribution in [1.29, 1.82) is 0 Å². The van der Waals surface area contributed by atoms with Crippen LogP contribution in [0.2, 0.25) is 0 Å². The average Bonchev–Trinajstić information content (AvgIpc) is 2.78. The molecule has 1 aliphatic rings. The van der Waals surface area contributed by atoms with Gasteiger partial charge in [0.25, 0.3) is 0 Å². The van der Waals surface area contributed by atoms with E-state index in [0.717, 1.165) is 19.4 Å². The Balaban J connectivity index is 2.40. The zero-order valence-electron chi connectivity index (χ0n) is 11.1. The van der Waals surface area contributed by atoms with Crippen molar-refractivity contribution in [2.24, 2.45) is 5.92 Å². The lowest BCUT2D eigenvalue weighted by atomic mass is 10.1. The van der Waals surface area contributed by atoms with Gasteiger partial charge in [0.15, 0.2) is 0 Å². The molecule has 2 N–H and O–H groups in total. The molecule has 5 heteroatoms. The van der Waals surface area contributed by atoms with Crippen LogP contribution in [0, 0.1) is 5.92 Å².